The van der Waals surface area contributed by atoms with Crippen molar-refractivity contribution in [1.82, 2.24) is 24.1 Å². The van der Waals surface area contributed by atoms with Gasteiger partial charge >= 0.3 is 0 Å². The minimum Gasteiger partial charge on any atom is -0.496 e. The van der Waals surface area contributed by atoms with Gasteiger partial charge in [-0.25, -0.2) is 14.4 Å². The molecule has 1 amide bonds. The molecule has 8 nitrogen and oxygen atoms in total. The fourth-order valence-electron chi connectivity index (χ4n) is 4.68. The molecule has 2 aromatic carbocycles. The zero-order valence-corrected chi connectivity index (χ0v) is 22.5. The number of fused-ring (bicyclic) bond motifs is 1. The van der Waals surface area contributed by atoms with Gasteiger partial charge in [0.25, 0.3) is 5.91 Å². The van der Waals surface area contributed by atoms with Crippen molar-refractivity contribution in [3.05, 3.63) is 101 Å². The van der Waals surface area contributed by atoms with Crippen molar-refractivity contribution in [2.45, 2.75) is 32.7 Å². The molecule has 38 heavy (non-hydrogen) atoms. The summed E-state index contributed by atoms with van der Waals surface area (Å²) in [5.74, 6) is -0.599. The van der Waals surface area contributed by atoms with Gasteiger partial charge in [-0.05, 0) is 30.3 Å². The quantitative estimate of drug-likeness (QED) is 0.297. The molecule has 2 atom stereocenters. The standard InChI is InChI=1S/C28H28FN6O2P/c1-4-21-26(25(17-10-6-8-12-20(17)29)18-11-7-9-13-23(18)38)31-24-14-22(37-3)19(15-35(21)24)27(36)32-28-30-16-34(5-2)33-28/h6-16,25H,4-5,38H2,1-3H3,(H,32,33,36). The molecule has 0 fully saturated rings. The van der Waals surface area contributed by atoms with E-state index in [4.69, 9.17) is 9.72 Å². The number of halogens is 1. The van der Waals surface area contributed by atoms with Crippen LogP contribution in [0.4, 0.5) is 10.3 Å². The average molecular weight is 531 g/mol. The lowest BCUT2D eigenvalue weighted by Crippen LogP contribution is -2.16. The van der Waals surface area contributed by atoms with Crippen LogP contribution in [-0.4, -0.2) is 37.2 Å². The number of rotatable bonds is 8. The Bertz CT molecular complexity index is 1580. The molecule has 2 unspecified atom stereocenters. The molecule has 5 rings (SSSR count). The van der Waals surface area contributed by atoms with Crippen LogP contribution in [-0.2, 0) is 13.0 Å². The van der Waals surface area contributed by atoms with Crippen molar-refractivity contribution in [1.29, 1.82) is 0 Å². The Morgan fingerprint density at radius 3 is 2.53 bits per heavy atom. The van der Waals surface area contributed by atoms with Crippen molar-refractivity contribution in [3.63, 3.8) is 0 Å². The molecule has 0 bridgehead atoms. The minimum absolute atomic E-state index is 0.206. The van der Waals surface area contributed by atoms with E-state index in [0.29, 0.717) is 35.5 Å². The van der Waals surface area contributed by atoms with Gasteiger partial charge < -0.3 is 9.14 Å². The van der Waals surface area contributed by atoms with Crippen molar-refractivity contribution < 1.29 is 13.9 Å². The van der Waals surface area contributed by atoms with Crippen LogP contribution in [0.3, 0.4) is 0 Å². The number of benzene rings is 2. The SMILES string of the molecule is CCc1c(C(c2ccccc2F)c2ccccc2P)nc2cc(OC)c(C(=O)Nc3ncn(CC)n3)cn12. The lowest BCUT2D eigenvalue weighted by atomic mass is 9.86. The second-order valence-electron chi connectivity index (χ2n) is 8.74. The Hall–Kier alpha value is -4.10. The number of carbonyl (C=O) groups is 1. The lowest BCUT2D eigenvalue weighted by Gasteiger charge is -2.20. The maximum absolute atomic E-state index is 15.2. The van der Waals surface area contributed by atoms with E-state index in [1.807, 2.05) is 48.6 Å². The first-order valence-electron chi connectivity index (χ1n) is 12.3. The number of carbonyl (C=O) groups excluding carboxylic acids is 1. The Morgan fingerprint density at radius 2 is 1.87 bits per heavy atom. The highest BCUT2D eigenvalue weighted by Gasteiger charge is 2.28. The summed E-state index contributed by atoms with van der Waals surface area (Å²) >= 11 is 0. The van der Waals surface area contributed by atoms with Gasteiger partial charge in [0, 0.05) is 30.1 Å². The number of imidazole rings is 1. The van der Waals surface area contributed by atoms with E-state index >= 15 is 4.39 Å². The van der Waals surface area contributed by atoms with Gasteiger partial charge in [0.15, 0.2) is 0 Å². The highest BCUT2D eigenvalue weighted by Crippen LogP contribution is 2.36. The van der Waals surface area contributed by atoms with E-state index in [1.54, 1.807) is 35.4 Å². The minimum atomic E-state index is -0.453. The van der Waals surface area contributed by atoms with E-state index in [-0.39, 0.29) is 11.8 Å². The van der Waals surface area contributed by atoms with E-state index in [2.05, 4.69) is 24.6 Å². The molecule has 10 heteroatoms. The number of hydrogen-bond donors (Lipinski definition) is 1. The van der Waals surface area contributed by atoms with Crippen molar-refractivity contribution >= 4 is 32.0 Å². The van der Waals surface area contributed by atoms with Gasteiger partial charge in [-0.15, -0.1) is 14.3 Å². The molecule has 0 aliphatic heterocycles. The van der Waals surface area contributed by atoms with Crippen LogP contribution in [0.2, 0.25) is 0 Å². The Morgan fingerprint density at radius 1 is 1.13 bits per heavy atom. The molecule has 0 aliphatic carbocycles. The number of pyridine rings is 1. The maximum atomic E-state index is 15.2. The summed E-state index contributed by atoms with van der Waals surface area (Å²) in [5, 5.41) is 7.93. The van der Waals surface area contributed by atoms with Gasteiger partial charge in [0.2, 0.25) is 5.95 Å². The number of ether oxygens (including phenoxy) is 1. The first kappa shape index (κ1) is 25.5. The number of amides is 1. The number of anilines is 1. The van der Waals surface area contributed by atoms with Crippen LogP contribution in [0, 0.1) is 5.82 Å². The molecule has 194 valence electrons. The number of aryl methyl sites for hydroxylation is 2. The third-order valence-electron chi connectivity index (χ3n) is 6.53. The van der Waals surface area contributed by atoms with Crippen molar-refractivity contribution in [2.75, 3.05) is 12.4 Å². The smallest absolute Gasteiger partial charge is 0.263 e. The Balaban J connectivity index is 1.68. The lowest BCUT2D eigenvalue weighted by molar-refractivity contribution is 0.102. The van der Waals surface area contributed by atoms with Crippen LogP contribution in [0.15, 0.2) is 67.1 Å². The van der Waals surface area contributed by atoms with Crippen molar-refractivity contribution in [2.24, 2.45) is 0 Å². The number of methoxy groups -OCH3 is 1. The fourth-order valence-corrected chi connectivity index (χ4v) is 5.05. The number of nitrogens with zero attached hydrogens (tertiary/aromatic N) is 5. The monoisotopic (exact) mass is 530 g/mol. The maximum Gasteiger partial charge on any atom is 0.263 e. The molecule has 3 heterocycles. The zero-order valence-electron chi connectivity index (χ0n) is 21.4. The summed E-state index contributed by atoms with van der Waals surface area (Å²) < 4.78 is 24.3. The summed E-state index contributed by atoms with van der Waals surface area (Å²) in [4.78, 5) is 22.4. The molecular formula is C28H28FN6O2P. The average Bonchev–Trinajstić information content (AvgIpc) is 3.53. The molecular weight excluding hydrogens is 502 g/mol. The van der Waals surface area contributed by atoms with E-state index in [1.165, 1.54) is 13.2 Å². The van der Waals surface area contributed by atoms with Crippen LogP contribution >= 0.6 is 9.24 Å². The topological polar surface area (TPSA) is 86.3 Å². The predicted octanol–water partition coefficient (Wildman–Crippen LogP) is 4.59. The second kappa shape index (κ2) is 10.7. The van der Waals surface area contributed by atoms with Crippen molar-refractivity contribution in [3.8, 4) is 5.75 Å². The van der Waals surface area contributed by atoms with Crippen LogP contribution in [0.5, 0.6) is 5.75 Å². The molecule has 0 aliphatic rings. The summed E-state index contributed by atoms with van der Waals surface area (Å²) in [7, 11) is 4.25. The van der Waals surface area contributed by atoms with Crippen LogP contribution in [0.1, 0.15) is 52.6 Å². The molecule has 0 saturated heterocycles. The molecule has 3 aromatic heterocycles. The van der Waals surface area contributed by atoms with E-state index in [9.17, 15) is 4.79 Å². The second-order valence-corrected chi connectivity index (χ2v) is 9.36. The normalized spacial score (nSPS) is 12.0. The molecule has 5 aromatic rings. The summed E-state index contributed by atoms with van der Waals surface area (Å²) in [6, 6.07) is 16.4. The summed E-state index contributed by atoms with van der Waals surface area (Å²) in [6.45, 7) is 4.59. The van der Waals surface area contributed by atoms with Gasteiger partial charge in [0.1, 0.15) is 23.5 Å². The molecule has 0 spiro atoms. The highest BCUT2D eigenvalue weighted by atomic mass is 31.0. The zero-order chi connectivity index (χ0) is 26.8. The van der Waals surface area contributed by atoms with Gasteiger partial charge in [-0.2, -0.15) is 0 Å². The van der Waals surface area contributed by atoms with E-state index in [0.717, 1.165) is 22.3 Å². The van der Waals surface area contributed by atoms with Gasteiger partial charge in [-0.1, -0.05) is 49.4 Å². The number of aromatic nitrogens is 5. The third kappa shape index (κ3) is 4.65. The summed E-state index contributed by atoms with van der Waals surface area (Å²) in [5.41, 5.74) is 3.95. The Labute approximate surface area is 222 Å². The first-order valence-corrected chi connectivity index (χ1v) is 12.9. The third-order valence-corrected chi connectivity index (χ3v) is 7.06. The van der Waals surface area contributed by atoms with Crippen LogP contribution < -0.4 is 15.4 Å². The first-order chi connectivity index (χ1) is 18.4. The van der Waals surface area contributed by atoms with E-state index < -0.39 is 11.8 Å². The molecule has 0 radical (unpaired) electrons. The Kier molecular flexibility index (Phi) is 7.20. The molecule has 0 saturated carbocycles. The van der Waals surface area contributed by atoms with Crippen LogP contribution in [0.25, 0.3) is 5.65 Å². The highest BCUT2D eigenvalue weighted by molar-refractivity contribution is 7.27. The summed E-state index contributed by atoms with van der Waals surface area (Å²) in [6.07, 6.45) is 3.87. The largest absolute Gasteiger partial charge is 0.496 e. The predicted molar refractivity (Wildman–Crippen MR) is 148 cm³/mol. The van der Waals surface area contributed by atoms with Gasteiger partial charge in [0.05, 0.1) is 24.3 Å². The van der Waals surface area contributed by atoms with Gasteiger partial charge in [-0.3, -0.25) is 14.8 Å². The number of nitrogens with one attached hydrogen (secondary N) is 1. The fraction of sp³-hybridized carbons (Fsp3) is 0.214. The number of hydrogen-bond acceptors (Lipinski definition) is 5. The molecule has 1 N–H and O–H groups in total.